The molecule has 1 aromatic heterocycles. The Labute approximate surface area is 189 Å². The van der Waals surface area contributed by atoms with Crippen LogP contribution in [-0.4, -0.2) is 51.6 Å². The van der Waals surface area contributed by atoms with Crippen LogP contribution in [0.5, 0.6) is 0 Å². The molecule has 172 valence electrons. The normalized spacial score (nSPS) is 18.3. The molecule has 0 radical (unpaired) electrons. The van der Waals surface area contributed by atoms with Crippen LogP contribution >= 0.6 is 0 Å². The highest BCUT2D eigenvalue weighted by atomic mass is 16.5. The average molecular weight is 440 g/mol. The highest BCUT2D eigenvalue weighted by Crippen LogP contribution is 2.36. The maximum Gasteiger partial charge on any atom is 0.273 e. The Morgan fingerprint density at radius 2 is 1.88 bits per heavy atom. The molecule has 0 spiro atoms. The fourth-order valence-corrected chi connectivity index (χ4v) is 4.50. The molecule has 8 heteroatoms. The minimum absolute atomic E-state index is 0.0491. The Hall–Kier alpha value is -2.74. The van der Waals surface area contributed by atoms with Gasteiger partial charge in [-0.3, -0.25) is 9.59 Å². The lowest BCUT2D eigenvalue weighted by molar-refractivity contribution is -0.137. The maximum absolute atomic E-state index is 13.0. The minimum Gasteiger partial charge on any atom is -0.368 e. The number of aromatic nitrogens is 3. The Balaban J connectivity index is 1.36. The van der Waals surface area contributed by atoms with Gasteiger partial charge in [-0.1, -0.05) is 35.8 Å². The molecule has 32 heavy (non-hydrogen) atoms. The van der Waals surface area contributed by atoms with Crippen molar-refractivity contribution in [3.8, 4) is 5.69 Å². The lowest BCUT2D eigenvalue weighted by Crippen LogP contribution is -2.51. The van der Waals surface area contributed by atoms with Gasteiger partial charge in [0.25, 0.3) is 5.91 Å². The van der Waals surface area contributed by atoms with Gasteiger partial charge >= 0.3 is 0 Å². The van der Waals surface area contributed by atoms with Crippen LogP contribution in [0, 0.1) is 19.8 Å². The zero-order chi connectivity index (χ0) is 22.7. The van der Waals surface area contributed by atoms with Gasteiger partial charge in [0.05, 0.1) is 16.9 Å². The molecule has 1 heterocycles. The van der Waals surface area contributed by atoms with E-state index in [0.29, 0.717) is 30.5 Å². The summed E-state index contributed by atoms with van der Waals surface area (Å²) in [6.45, 7) is 6.67. The molecule has 0 saturated heterocycles. The van der Waals surface area contributed by atoms with Gasteiger partial charge in [0.1, 0.15) is 6.10 Å². The van der Waals surface area contributed by atoms with E-state index >= 15 is 0 Å². The van der Waals surface area contributed by atoms with Crippen molar-refractivity contribution in [1.82, 2.24) is 25.6 Å². The van der Waals surface area contributed by atoms with E-state index in [9.17, 15) is 9.59 Å². The standard InChI is InChI=1S/C24H33N5O3/c1-4-32-21(18-7-5-6-8-18)23(31)26-24(13-14-24)15-25-22(30)20-17(3)29(28-27-20)19-11-9-16(2)10-12-19/h9-12,18,21H,4-8,13-15H2,1-3H3,(H,25,30)(H,26,31). The number of ether oxygens (including phenoxy) is 1. The van der Waals surface area contributed by atoms with Gasteiger partial charge in [-0.25, -0.2) is 4.68 Å². The summed E-state index contributed by atoms with van der Waals surface area (Å²) < 4.78 is 7.47. The Morgan fingerprint density at radius 3 is 2.50 bits per heavy atom. The van der Waals surface area contributed by atoms with E-state index in [1.54, 1.807) is 4.68 Å². The van der Waals surface area contributed by atoms with Crippen LogP contribution in [0.25, 0.3) is 5.69 Å². The number of carbonyl (C=O) groups excluding carboxylic acids is 2. The van der Waals surface area contributed by atoms with E-state index in [2.05, 4.69) is 20.9 Å². The van der Waals surface area contributed by atoms with Gasteiger partial charge < -0.3 is 15.4 Å². The molecular weight excluding hydrogens is 406 g/mol. The van der Waals surface area contributed by atoms with Crippen LogP contribution in [0.15, 0.2) is 24.3 Å². The molecule has 2 aliphatic carbocycles. The summed E-state index contributed by atoms with van der Waals surface area (Å²) >= 11 is 0. The molecule has 1 aromatic carbocycles. The number of hydrogen-bond donors (Lipinski definition) is 2. The molecule has 2 saturated carbocycles. The van der Waals surface area contributed by atoms with Crippen molar-refractivity contribution in [2.24, 2.45) is 5.92 Å². The molecule has 2 amide bonds. The van der Waals surface area contributed by atoms with Gasteiger partial charge in [0.15, 0.2) is 5.69 Å². The van der Waals surface area contributed by atoms with E-state index in [0.717, 1.165) is 49.8 Å². The predicted molar refractivity (Wildman–Crippen MR) is 121 cm³/mol. The number of nitrogens with zero attached hydrogens (tertiary/aromatic N) is 3. The first kappa shape index (κ1) is 22.5. The smallest absolute Gasteiger partial charge is 0.273 e. The SMILES string of the molecule is CCOC(C(=O)NC1(CNC(=O)c2nnn(-c3ccc(C)cc3)c2C)CC1)C1CCCC1. The van der Waals surface area contributed by atoms with E-state index < -0.39 is 6.10 Å². The third kappa shape index (κ3) is 4.85. The highest BCUT2D eigenvalue weighted by molar-refractivity contribution is 5.93. The largest absolute Gasteiger partial charge is 0.368 e. The summed E-state index contributed by atoms with van der Waals surface area (Å²) in [6.07, 6.45) is 5.69. The molecule has 2 N–H and O–H groups in total. The molecule has 2 fully saturated rings. The number of benzene rings is 1. The Morgan fingerprint density at radius 1 is 1.19 bits per heavy atom. The number of aryl methyl sites for hydroxylation is 1. The van der Waals surface area contributed by atoms with Crippen molar-refractivity contribution in [1.29, 1.82) is 0 Å². The van der Waals surface area contributed by atoms with E-state index in [1.165, 1.54) is 0 Å². The fraction of sp³-hybridized carbons (Fsp3) is 0.583. The summed E-state index contributed by atoms with van der Waals surface area (Å²) in [4.78, 5) is 25.8. The second-order valence-electron chi connectivity index (χ2n) is 9.14. The zero-order valence-electron chi connectivity index (χ0n) is 19.2. The molecule has 2 aromatic rings. The van der Waals surface area contributed by atoms with Crippen molar-refractivity contribution < 1.29 is 14.3 Å². The van der Waals surface area contributed by atoms with E-state index in [4.69, 9.17) is 4.74 Å². The first-order chi connectivity index (χ1) is 15.4. The summed E-state index contributed by atoms with van der Waals surface area (Å²) in [7, 11) is 0. The van der Waals surface area contributed by atoms with Crippen LogP contribution in [0.1, 0.15) is 67.2 Å². The first-order valence-corrected chi connectivity index (χ1v) is 11.6. The van der Waals surface area contributed by atoms with Crippen molar-refractivity contribution in [2.45, 2.75) is 70.9 Å². The van der Waals surface area contributed by atoms with Crippen LogP contribution in [0.3, 0.4) is 0 Å². The number of carbonyl (C=O) groups is 2. The van der Waals surface area contributed by atoms with Crippen molar-refractivity contribution in [3.63, 3.8) is 0 Å². The fourth-order valence-electron chi connectivity index (χ4n) is 4.50. The molecule has 8 nitrogen and oxygen atoms in total. The summed E-state index contributed by atoms with van der Waals surface area (Å²) in [6, 6.07) is 7.90. The second kappa shape index (κ2) is 9.40. The van der Waals surface area contributed by atoms with Crippen LogP contribution < -0.4 is 10.6 Å². The number of rotatable bonds is 9. The summed E-state index contributed by atoms with van der Waals surface area (Å²) in [5.41, 5.74) is 2.60. The number of nitrogens with one attached hydrogen (secondary N) is 2. The van der Waals surface area contributed by atoms with Gasteiger partial charge in [-0.15, -0.1) is 5.10 Å². The minimum atomic E-state index is -0.396. The molecule has 1 atom stereocenters. The molecule has 0 aliphatic heterocycles. The summed E-state index contributed by atoms with van der Waals surface area (Å²) in [5.74, 6) is -0.0367. The molecule has 4 rings (SSSR count). The topological polar surface area (TPSA) is 98.1 Å². The number of amides is 2. The monoisotopic (exact) mass is 439 g/mol. The van der Waals surface area contributed by atoms with Crippen LogP contribution in [0.2, 0.25) is 0 Å². The van der Waals surface area contributed by atoms with Gasteiger partial charge in [0, 0.05) is 13.2 Å². The second-order valence-corrected chi connectivity index (χ2v) is 9.14. The molecule has 1 unspecified atom stereocenters. The average Bonchev–Trinajstić information content (AvgIpc) is 3.15. The van der Waals surface area contributed by atoms with Gasteiger partial charge in [-0.05, 0) is 64.5 Å². The van der Waals surface area contributed by atoms with Crippen molar-refractivity contribution in [3.05, 3.63) is 41.2 Å². The quantitative estimate of drug-likeness (QED) is 0.626. The Bertz CT molecular complexity index is 959. The van der Waals surface area contributed by atoms with Crippen LogP contribution in [-0.2, 0) is 9.53 Å². The molecule has 2 aliphatic rings. The third-order valence-electron chi connectivity index (χ3n) is 6.65. The maximum atomic E-state index is 13.0. The van der Waals surface area contributed by atoms with E-state index in [1.807, 2.05) is 45.0 Å². The molecular formula is C24H33N5O3. The third-order valence-corrected chi connectivity index (χ3v) is 6.65. The van der Waals surface area contributed by atoms with Gasteiger partial charge in [0.2, 0.25) is 5.91 Å². The van der Waals surface area contributed by atoms with Crippen molar-refractivity contribution >= 4 is 11.8 Å². The zero-order valence-corrected chi connectivity index (χ0v) is 19.2. The Kier molecular flexibility index (Phi) is 6.60. The first-order valence-electron chi connectivity index (χ1n) is 11.6. The lowest BCUT2D eigenvalue weighted by atomic mass is 9.99. The highest BCUT2D eigenvalue weighted by Gasteiger charge is 2.46. The lowest BCUT2D eigenvalue weighted by Gasteiger charge is -2.26. The van der Waals surface area contributed by atoms with Gasteiger partial charge in [-0.2, -0.15) is 0 Å². The van der Waals surface area contributed by atoms with Crippen LogP contribution in [0.4, 0.5) is 0 Å². The van der Waals surface area contributed by atoms with E-state index in [-0.39, 0.29) is 17.4 Å². The van der Waals surface area contributed by atoms with Crippen molar-refractivity contribution in [2.75, 3.05) is 13.2 Å². The molecule has 0 bridgehead atoms. The summed E-state index contributed by atoms with van der Waals surface area (Å²) in [5, 5.41) is 14.4. The number of hydrogen-bond acceptors (Lipinski definition) is 5. The predicted octanol–water partition coefficient (Wildman–Crippen LogP) is 2.86.